The van der Waals surface area contributed by atoms with E-state index >= 15 is 0 Å². The number of ether oxygens (including phenoxy) is 1. The van der Waals surface area contributed by atoms with E-state index in [0.717, 1.165) is 47.1 Å². The van der Waals surface area contributed by atoms with Crippen LogP contribution in [0.2, 0.25) is 5.02 Å². The summed E-state index contributed by atoms with van der Waals surface area (Å²) in [6, 6.07) is 12.9. The summed E-state index contributed by atoms with van der Waals surface area (Å²) in [5.74, 6) is 0.306. The van der Waals surface area contributed by atoms with Crippen LogP contribution in [-0.4, -0.2) is 30.3 Å². The summed E-state index contributed by atoms with van der Waals surface area (Å²) in [7, 11) is 1.51. The molecule has 0 unspecified atom stereocenters. The standard InChI is InChI=1S/C21H18ClN2O2/c1-26-20-12-15(11-18(22)21(20)25)14-2-3-19-17(10-14)16(6-9-24-19)13-4-7-23-8-5-13/h2-4,9-12,23,25H,5,7-8H2,1H3. The molecule has 0 fully saturated rings. The highest BCUT2D eigenvalue weighted by molar-refractivity contribution is 6.32. The van der Waals surface area contributed by atoms with Crippen LogP contribution in [0, 0.1) is 6.07 Å². The summed E-state index contributed by atoms with van der Waals surface area (Å²) in [5, 5.41) is 14.6. The highest BCUT2D eigenvalue weighted by atomic mass is 35.5. The third kappa shape index (κ3) is 3.02. The van der Waals surface area contributed by atoms with Crippen molar-refractivity contribution in [3.8, 4) is 22.6 Å². The molecule has 1 aliphatic heterocycles. The van der Waals surface area contributed by atoms with E-state index in [-0.39, 0.29) is 10.8 Å². The number of methoxy groups -OCH3 is 1. The summed E-state index contributed by atoms with van der Waals surface area (Å²) >= 11 is 6.15. The van der Waals surface area contributed by atoms with E-state index in [2.05, 4.69) is 28.5 Å². The Labute approximate surface area is 157 Å². The summed E-state index contributed by atoms with van der Waals surface area (Å²) in [6.45, 7) is 1.84. The van der Waals surface area contributed by atoms with Crippen molar-refractivity contribution in [3.05, 3.63) is 59.3 Å². The van der Waals surface area contributed by atoms with E-state index in [9.17, 15) is 5.11 Å². The second-order valence-corrected chi connectivity index (χ2v) is 6.61. The first-order valence-corrected chi connectivity index (χ1v) is 8.82. The molecule has 1 aliphatic rings. The lowest BCUT2D eigenvalue weighted by Crippen LogP contribution is -2.20. The Morgan fingerprint density at radius 2 is 2.12 bits per heavy atom. The minimum Gasteiger partial charge on any atom is -0.503 e. The Kier molecular flexibility index (Phi) is 4.53. The van der Waals surface area contributed by atoms with Gasteiger partial charge in [-0.15, -0.1) is 0 Å². The number of fused-ring (bicyclic) bond motifs is 1. The van der Waals surface area contributed by atoms with Gasteiger partial charge in [-0.05, 0) is 59.5 Å². The monoisotopic (exact) mass is 365 g/mol. The maximum absolute atomic E-state index is 9.97. The summed E-state index contributed by atoms with van der Waals surface area (Å²) in [4.78, 5) is 4.45. The molecule has 0 saturated heterocycles. The number of benzene rings is 2. The van der Waals surface area contributed by atoms with Gasteiger partial charge < -0.3 is 15.2 Å². The fourth-order valence-electron chi connectivity index (χ4n) is 3.28. The van der Waals surface area contributed by atoms with Gasteiger partial charge in [0.25, 0.3) is 0 Å². The molecule has 0 atom stereocenters. The lowest BCUT2D eigenvalue weighted by Gasteiger charge is -2.16. The van der Waals surface area contributed by atoms with Crippen LogP contribution in [0.15, 0.2) is 42.6 Å². The van der Waals surface area contributed by atoms with Gasteiger partial charge in [0.05, 0.1) is 17.6 Å². The number of phenolic OH excluding ortho intramolecular Hbond substituents is 1. The van der Waals surface area contributed by atoms with Crippen molar-refractivity contribution in [2.24, 2.45) is 0 Å². The van der Waals surface area contributed by atoms with Crippen molar-refractivity contribution in [2.75, 3.05) is 20.2 Å². The van der Waals surface area contributed by atoms with Crippen LogP contribution in [-0.2, 0) is 0 Å². The van der Waals surface area contributed by atoms with E-state index < -0.39 is 0 Å². The number of phenols is 1. The molecule has 0 saturated carbocycles. The Morgan fingerprint density at radius 1 is 1.23 bits per heavy atom. The lowest BCUT2D eigenvalue weighted by atomic mass is 9.94. The number of hydrogen-bond acceptors (Lipinski definition) is 4. The fraction of sp³-hybridized carbons (Fsp3) is 0.190. The van der Waals surface area contributed by atoms with Crippen LogP contribution in [0.3, 0.4) is 0 Å². The molecule has 3 aromatic rings. The van der Waals surface area contributed by atoms with Crippen LogP contribution in [0.1, 0.15) is 12.0 Å². The largest absolute Gasteiger partial charge is 0.503 e. The minimum absolute atomic E-state index is 0.0470. The molecule has 2 N–H and O–H groups in total. The zero-order valence-corrected chi connectivity index (χ0v) is 15.1. The van der Waals surface area contributed by atoms with Crippen molar-refractivity contribution >= 4 is 28.1 Å². The molecule has 1 aromatic heterocycles. The van der Waals surface area contributed by atoms with E-state index in [4.69, 9.17) is 16.3 Å². The smallest absolute Gasteiger partial charge is 0.176 e. The SMILES string of the molecule is COc1cc(-c2ccc3nc[c]c(C4=CCNCC4)c3c2)cc(Cl)c1O. The fourth-order valence-corrected chi connectivity index (χ4v) is 3.49. The molecule has 5 heteroatoms. The highest BCUT2D eigenvalue weighted by Gasteiger charge is 2.13. The highest BCUT2D eigenvalue weighted by Crippen LogP contribution is 2.39. The number of aromatic nitrogens is 1. The van der Waals surface area contributed by atoms with Crippen LogP contribution in [0.5, 0.6) is 11.5 Å². The number of pyridine rings is 1. The van der Waals surface area contributed by atoms with Gasteiger partial charge in [-0.3, -0.25) is 4.98 Å². The van der Waals surface area contributed by atoms with Crippen molar-refractivity contribution in [1.82, 2.24) is 10.3 Å². The van der Waals surface area contributed by atoms with Gasteiger partial charge in [0.15, 0.2) is 11.5 Å². The van der Waals surface area contributed by atoms with Gasteiger partial charge in [0.2, 0.25) is 0 Å². The topological polar surface area (TPSA) is 54.4 Å². The minimum atomic E-state index is -0.0470. The van der Waals surface area contributed by atoms with Gasteiger partial charge in [0, 0.05) is 24.2 Å². The average molecular weight is 366 g/mol. The first-order chi connectivity index (χ1) is 12.7. The van der Waals surface area contributed by atoms with E-state index in [0.29, 0.717) is 5.75 Å². The predicted molar refractivity (Wildman–Crippen MR) is 105 cm³/mol. The van der Waals surface area contributed by atoms with Crippen LogP contribution in [0.25, 0.3) is 27.6 Å². The number of nitrogens with zero attached hydrogens (tertiary/aromatic N) is 1. The first-order valence-electron chi connectivity index (χ1n) is 8.45. The van der Waals surface area contributed by atoms with Crippen molar-refractivity contribution < 1.29 is 9.84 Å². The zero-order valence-electron chi connectivity index (χ0n) is 14.3. The normalized spacial score (nSPS) is 14.3. The number of hydrogen-bond donors (Lipinski definition) is 2. The summed E-state index contributed by atoms with van der Waals surface area (Å²) in [6.07, 6.45) is 4.92. The molecule has 2 heterocycles. The predicted octanol–water partition coefficient (Wildman–Crippen LogP) is 4.45. The van der Waals surface area contributed by atoms with Gasteiger partial charge in [-0.1, -0.05) is 23.7 Å². The molecule has 1 radical (unpaired) electrons. The third-order valence-electron chi connectivity index (χ3n) is 4.65. The molecule has 131 valence electrons. The van der Waals surface area contributed by atoms with Crippen LogP contribution >= 0.6 is 11.6 Å². The maximum Gasteiger partial charge on any atom is 0.176 e. The van der Waals surface area contributed by atoms with Gasteiger partial charge in [0.1, 0.15) is 0 Å². The number of nitrogens with one attached hydrogen (secondary N) is 1. The van der Waals surface area contributed by atoms with Crippen LogP contribution < -0.4 is 10.1 Å². The lowest BCUT2D eigenvalue weighted by molar-refractivity contribution is 0.374. The summed E-state index contributed by atoms with van der Waals surface area (Å²) in [5.41, 5.74) is 5.17. The second kappa shape index (κ2) is 6.98. The number of rotatable bonds is 3. The maximum atomic E-state index is 9.97. The molecular weight excluding hydrogens is 348 g/mol. The Hall–Kier alpha value is -2.56. The second-order valence-electron chi connectivity index (χ2n) is 6.20. The molecule has 4 nitrogen and oxygen atoms in total. The molecular formula is C21H18ClN2O2. The van der Waals surface area contributed by atoms with E-state index in [1.807, 2.05) is 12.1 Å². The van der Waals surface area contributed by atoms with Gasteiger partial charge >= 0.3 is 0 Å². The zero-order chi connectivity index (χ0) is 18.1. The number of halogens is 1. The van der Waals surface area contributed by atoms with Crippen molar-refractivity contribution in [3.63, 3.8) is 0 Å². The van der Waals surface area contributed by atoms with Crippen molar-refractivity contribution in [1.29, 1.82) is 0 Å². The Balaban J connectivity index is 1.88. The van der Waals surface area contributed by atoms with Crippen molar-refractivity contribution in [2.45, 2.75) is 6.42 Å². The molecule has 0 spiro atoms. The van der Waals surface area contributed by atoms with Gasteiger partial charge in [-0.2, -0.15) is 0 Å². The van der Waals surface area contributed by atoms with Crippen LogP contribution in [0.4, 0.5) is 0 Å². The molecule has 2 aromatic carbocycles. The van der Waals surface area contributed by atoms with E-state index in [1.54, 1.807) is 18.3 Å². The summed E-state index contributed by atoms with van der Waals surface area (Å²) < 4.78 is 5.23. The third-order valence-corrected chi connectivity index (χ3v) is 4.93. The van der Waals surface area contributed by atoms with Gasteiger partial charge in [-0.25, -0.2) is 0 Å². The Bertz CT molecular complexity index is 1010. The average Bonchev–Trinajstić information content (AvgIpc) is 2.69. The quantitative estimate of drug-likeness (QED) is 0.720. The molecule has 4 rings (SSSR count). The van der Waals surface area contributed by atoms with E-state index in [1.165, 1.54) is 12.7 Å². The molecule has 0 bridgehead atoms. The molecule has 0 aliphatic carbocycles. The number of aromatic hydroxyl groups is 1. The first kappa shape index (κ1) is 16.9. The molecule has 26 heavy (non-hydrogen) atoms. The Morgan fingerprint density at radius 3 is 2.88 bits per heavy atom. The molecule has 0 amide bonds.